The molecule has 3 aromatic carbocycles. The van der Waals surface area contributed by atoms with Gasteiger partial charge in [-0.2, -0.15) is 0 Å². The highest BCUT2D eigenvalue weighted by molar-refractivity contribution is 5.47. The first-order valence-corrected chi connectivity index (χ1v) is 20.9. The van der Waals surface area contributed by atoms with Crippen LogP contribution in [-0.2, 0) is 15.1 Å². The van der Waals surface area contributed by atoms with Gasteiger partial charge in [0, 0.05) is 0 Å². The summed E-state index contributed by atoms with van der Waals surface area (Å²) in [6.07, 6.45) is 16.5. The number of allylic oxidation sites excluding steroid dienone is 1. The Bertz CT molecular complexity index is 1500. The average molecular weight is 703 g/mol. The molecular formula is C49H66O3. The molecule has 3 nitrogen and oxygen atoms in total. The molecule has 280 valence electrons. The van der Waals surface area contributed by atoms with Gasteiger partial charge < -0.3 is 14.6 Å². The van der Waals surface area contributed by atoms with Crippen molar-refractivity contribution in [3.63, 3.8) is 0 Å². The molecule has 52 heavy (non-hydrogen) atoms. The smallest absolute Gasteiger partial charge is 0.143 e. The SMILES string of the molecule is CC(C)CCC[C@@H](C)[C@H]1CC[C@H]2[C@@H]3CC=C4C[C@@H](OCC(O)COC(c5ccccc5)(c5ccccc5)c5ccccc5)CC[C@]4(C)[C@H]3CC[C@]12C. The maximum Gasteiger partial charge on any atom is 0.143 e. The van der Waals surface area contributed by atoms with Crippen LogP contribution in [0.4, 0.5) is 0 Å². The average Bonchev–Trinajstić information content (AvgIpc) is 3.52. The van der Waals surface area contributed by atoms with E-state index in [0.29, 0.717) is 10.8 Å². The van der Waals surface area contributed by atoms with E-state index in [1.54, 1.807) is 5.57 Å². The lowest BCUT2D eigenvalue weighted by atomic mass is 9.47. The molecule has 0 amide bonds. The summed E-state index contributed by atoms with van der Waals surface area (Å²) in [5.74, 6) is 5.12. The Morgan fingerprint density at radius 3 is 1.94 bits per heavy atom. The fourth-order valence-corrected chi connectivity index (χ4v) is 12.1. The van der Waals surface area contributed by atoms with Gasteiger partial charge in [-0.05, 0) is 114 Å². The molecule has 1 N–H and O–H groups in total. The van der Waals surface area contributed by atoms with E-state index in [-0.39, 0.29) is 19.3 Å². The van der Waals surface area contributed by atoms with Crippen molar-refractivity contribution in [3.05, 3.63) is 119 Å². The molecule has 1 unspecified atom stereocenters. The molecule has 0 bridgehead atoms. The van der Waals surface area contributed by atoms with E-state index in [2.05, 4.69) is 113 Å². The number of hydrogen-bond acceptors (Lipinski definition) is 3. The molecule has 3 fully saturated rings. The van der Waals surface area contributed by atoms with Gasteiger partial charge in [0.25, 0.3) is 0 Å². The van der Waals surface area contributed by atoms with Crippen LogP contribution in [0, 0.1) is 46.3 Å². The van der Waals surface area contributed by atoms with Crippen molar-refractivity contribution in [1.82, 2.24) is 0 Å². The number of benzene rings is 3. The van der Waals surface area contributed by atoms with Crippen LogP contribution in [0.25, 0.3) is 0 Å². The van der Waals surface area contributed by atoms with Crippen molar-refractivity contribution in [1.29, 1.82) is 0 Å². The predicted octanol–water partition coefficient (Wildman–Crippen LogP) is 11.8. The highest BCUT2D eigenvalue weighted by atomic mass is 16.5. The number of hydrogen-bond donors (Lipinski definition) is 1. The summed E-state index contributed by atoms with van der Waals surface area (Å²) in [7, 11) is 0. The lowest BCUT2D eigenvalue weighted by molar-refractivity contribution is -0.0914. The van der Waals surface area contributed by atoms with Crippen LogP contribution in [-0.4, -0.2) is 30.5 Å². The third-order valence-electron chi connectivity index (χ3n) is 14.8. The molecular weight excluding hydrogens is 637 g/mol. The summed E-state index contributed by atoms with van der Waals surface area (Å²) in [5.41, 5.74) is 4.76. The fraction of sp³-hybridized carbons (Fsp3) is 0.592. The van der Waals surface area contributed by atoms with E-state index in [0.717, 1.165) is 65.0 Å². The number of rotatable bonds is 14. The minimum atomic E-state index is -0.845. The van der Waals surface area contributed by atoms with Crippen LogP contribution < -0.4 is 0 Å². The van der Waals surface area contributed by atoms with E-state index in [9.17, 15) is 5.11 Å². The summed E-state index contributed by atoms with van der Waals surface area (Å²) in [6, 6.07) is 31.2. The molecule has 0 radical (unpaired) electrons. The molecule has 3 saturated carbocycles. The topological polar surface area (TPSA) is 38.7 Å². The van der Waals surface area contributed by atoms with Crippen molar-refractivity contribution >= 4 is 0 Å². The van der Waals surface area contributed by atoms with Gasteiger partial charge in [-0.15, -0.1) is 0 Å². The monoisotopic (exact) mass is 703 g/mol. The van der Waals surface area contributed by atoms with Gasteiger partial charge in [0.2, 0.25) is 0 Å². The first-order chi connectivity index (χ1) is 25.1. The fourth-order valence-electron chi connectivity index (χ4n) is 12.1. The zero-order valence-electron chi connectivity index (χ0n) is 32.8. The van der Waals surface area contributed by atoms with Gasteiger partial charge >= 0.3 is 0 Å². The maximum absolute atomic E-state index is 11.4. The van der Waals surface area contributed by atoms with Crippen molar-refractivity contribution in [2.24, 2.45) is 46.3 Å². The molecule has 9 atom stereocenters. The molecule has 0 heterocycles. The van der Waals surface area contributed by atoms with Crippen LogP contribution in [0.1, 0.15) is 122 Å². The van der Waals surface area contributed by atoms with Crippen molar-refractivity contribution in [2.45, 2.75) is 123 Å². The molecule has 0 aromatic heterocycles. The van der Waals surface area contributed by atoms with Crippen LogP contribution in [0.2, 0.25) is 0 Å². The van der Waals surface area contributed by atoms with Crippen molar-refractivity contribution in [2.75, 3.05) is 13.2 Å². The Labute approximate surface area is 315 Å². The van der Waals surface area contributed by atoms with Gasteiger partial charge in [0.1, 0.15) is 11.7 Å². The Hall–Kier alpha value is -2.72. The third kappa shape index (κ3) is 7.24. The normalized spacial score (nSPS) is 31.3. The maximum atomic E-state index is 11.4. The highest BCUT2D eigenvalue weighted by Gasteiger charge is 2.59. The number of aliphatic hydroxyl groups excluding tert-OH is 1. The van der Waals surface area contributed by atoms with Gasteiger partial charge in [0.05, 0.1) is 19.3 Å². The Balaban J connectivity index is 0.988. The first-order valence-electron chi connectivity index (χ1n) is 20.9. The molecule has 4 aliphatic carbocycles. The number of fused-ring (bicyclic) bond motifs is 5. The van der Waals surface area contributed by atoms with Crippen LogP contribution >= 0.6 is 0 Å². The lowest BCUT2D eigenvalue weighted by Gasteiger charge is -2.58. The Kier molecular flexibility index (Phi) is 11.5. The summed E-state index contributed by atoms with van der Waals surface area (Å²) in [6.45, 7) is 13.1. The molecule has 0 spiro atoms. The van der Waals surface area contributed by atoms with Gasteiger partial charge in [-0.25, -0.2) is 0 Å². The predicted molar refractivity (Wildman–Crippen MR) is 214 cm³/mol. The summed E-state index contributed by atoms with van der Waals surface area (Å²) in [5, 5.41) is 11.4. The Morgan fingerprint density at radius 1 is 0.731 bits per heavy atom. The van der Waals surface area contributed by atoms with Crippen LogP contribution in [0.3, 0.4) is 0 Å². The zero-order valence-corrected chi connectivity index (χ0v) is 32.8. The van der Waals surface area contributed by atoms with Gasteiger partial charge in [-0.1, -0.05) is 157 Å². The molecule has 4 aliphatic rings. The number of aliphatic hydroxyl groups is 1. The molecule has 7 rings (SSSR count). The molecule has 3 aromatic rings. The molecule has 3 heteroatoms. The second-order valence-electron chi connectivity index (χ2n) is 18.2. The van der Waals surface area contributed by atoms with Gasteiger partial charge in [-0.3, -0.25) is 0 Å². The lowest BCUT2D eigenvalue weighted by Crippen LogP contribution is -2.51. The van der Waals surface area contributed by atoms with Crippen molar-refractivity contribution < 1.29 is 14.6 Å². The zero-order chi connectivity index (χ0) is 36.3. The second-order valence-corrected chi connectivity index (χ2v) is 18.2. The minimum absolute atomic E-state index is 0.157. The summed E-state index contributed by atoms with van der Waals surface area (Å²) < 4.78 is 13.5. The van der Waals surface area contributed by atoms with E-state index in [4.69, 9.17) is 9.47 Å². The largest absolute Gasteiger partial charge is 0.388 e. The highest BCUT2D eigenvalue weighted by Crippen LogP contribution is 2.67. The van der Waals surface area contributed by atoms with E-state index in [1.807, 2.05) is 18.2 Å². The molecule has 0 saturated heterocycles. The van der Waals surface area contributed by atoms with E-state index < -0.39 is 11.7 Å². The standard InChI is InChI=1S/C49H66O3/c1-35(2)16-15-17-36(3)44-26-27-45-43-25-24-40-32-42(28-30-47(40,4)46(43)29-31-48(44,45)5)51-33-41(50)34-52-49(37-18-9-6-10-19-37,38-20-11-7-12-21-38)39-22-13-8-14-23-39/h6-14,18-24,35-36,41-46,50H,15-17,25-34H2,1-5H3/t36-,41?,42+,43+,44-,45+,46+,47+,48-/m1/s1. The van der Waals surface area contributed by atoms with E-state index in [1.165, 1.54) is 57.8 Å². The summed E-state index contributed by atoms with van der Waals surface area (Å²) >= 11 is 0. The summed E-state index contributed by atoms with van der Waals surface area (Å²) in [4.78, 5) is 0. The van der Waals surface area contributed by atoms with Crippen LogP contribution in [0.5, 0.6) is 0 Å². The van der Waals surface area contributed by atoms with Gasteiger partial charge in [0.15, 0.2) is 0 Å². The second kappa shape index (κ2) is 15.9. The number of ether oxygens (including phenoxy) is 2. The van der Waals surface area contributed by atoms with Crippen molar-refractivity contribution in [3.8, 4) is 0 Å². The minimum Gasteiger partial charge on any atom is -0.388 e. The van der Waals surface area contributed by atoms with E-state index >= 15 is 0 Å². The first kappa shape index (κ1) is 37.6. The third-order valence-corrected chi connectivity index (χ3v) is 14.8. The quantitative estimate of drug-likeness (QED) is 0.134. The molecule has 0 aliphatic heterocycles. The Morgan fingerprint density at radius 2 is 1.35 bits per heavy atom. The van der Waals surface area contributed by atoms with Crippen LogP contribution in [0.15, 0.2) is 103 Å².